The molecule has 0 saturated heterocycles. The van der Waals surface area contributed by atoms with Gasteiger partial charge in [0.25, 0.3) is 0 Å². The first-order chi connectivity index (χ1) is 9.17. The van der Waals surface area contributed by atoms with Crippen LogP contribution >= 0.6 is 0 Å². The van der Waals surface area contributed by atoms with Crippen molar-refractivity contribution < 1.29 is 9.59 Å². The zero-order valence-corrected chi connectivity index (χ0v) is 11.5. The van der Waals surface area contributed by atoms with Crippen LogP contribution < -0.4 is 10.6 Å². The first-order valence-corrected chi connectivity index (χ1v) is 7.00. The zero-order chi connectivity index (χ0) is 14.1. The molecule has 3 amide bonds. The molecule has 4 heteroatoms. The summed E-state index contributed by atoms with van der Waals surface area (Å²) < 4.78 is 0. The van der Waals surface area contributed by atoms with Crippen LogP contribution in [0.3, 0.4) is 0 Å². The third-order valence-corrected chi connectivity index (χ3v) is 3.45. The summed E-state index contributed by atoms with van der Waals surface area (Å²) in [6, 6.07) is -0.172. The summed E-state index contributed by atoms with van der Waals surface area (Å²) in [5.74, 6) is -0.514. The summed E-state index contributed by atoms with van der Waals surface area (Å²) in [5.41, 5.74) is 0. The number of amides is 3. The van der Waals surface area contributed by atoms with E-state index in [4.69, 9.17) is 0 Å². The number of carbonyl (C=O) groups is 2. The van der Waals surface area contributed by atoms with Crippen LogP contribution in [-0.2, 0) is 4.79 Å². The minimum atomic E-state index is -0.380. The van der Waals surface area contributed by atoms with Crippen molar-refractivity contribution in [2.24, 2.45) is 5.92 Å². The quantitative estimate of drug-likeness (QED) is 0.725. The number of allylic oxidation sites excluding steroid dienone is 2. The van der Waals surface area contributed by atoms with Crippen molar-refractivity contribution in [1.82, 2.24) is 10.6 Å². The van der Waals surface area contributed by atoms with Crippen molar-refractivity contribution in [3.8, 4) is 0 Å². The molecule has 0 aliphatic heterocycles. The Kier molecular flexibility index (Phi) is 6.93. The summed E-state index contributed by atoms with van der Waals surface area (Å²) in [5, 5.41) is 5.28. The van der Waals surface area contributed by atoms with Gasteiger partial charge in [-0.1, -0.05) is 31.4 Å². The maximum Gasteiger partial charge on any atom is 0.321 e. The average Bonchev–Trinajstić information content (AvgIpc) is 2.39. The van der Waals surface area contributed by atoms with Crippen molar-refractivity contribution in [2.75, 3.05) is 0 Å². The minimum Gasteiger partial charge on any atom is -0.335 e. The van der Waals surface area contributed by atoms with E-state index >= 15 is 0 Å². The molecule has 1 fully saturated rings. The van der Waals surface area contributed by atoms with Crippen LogP contribution in [0.2, 0.25) is 0 Å². The molecule has 0 heterocycles. The van der Waals surface area contributed by atoms with Gasteiger partial charge in [-0.25, -0.2) is 4.79 Å². The van der Waals surface area contributed by atoms with Crippen molar-refractivity contribution >= 4 is 11.9 Å². The lowest BCUT2D eigenvalue weighted by Crippen LogP contribution is -2.46. The highest BCUT2D eigenvalue weighted by Gasteiger charge is 2.20. The molecule has 106 valence electrons. The van der Waals surface area contributed by atoms with E-state index in [1.165, 1.54) is 6.42 Å². The van der Waals surface area contributed by atoms with Crippen molar-refractivity contribution in [3.05, 3.63) is 25.3 Å². The second kappa shape index (κ2) is 8.51. The monoisotopic (exact) mass is 264 g/mol. The Morgan fingerprint density at radius 2 is 1.68 bits per heavy atom. The van der Waals surface area contributed by atoms with Gasteiger partial charge in [0.15, 0.2) is 0 Å². The molecule has 0 atom stereocenters. The molecule has 0 radical (unpaired) electrons. The lowest BCUT2D eigenvalue weighted by atomic mass is 9.96. The summed E-state index contributed by atoms with van der Waals surface area (Å²) in [4.78, 5) is 23.6. The fraction of sp³-hybridized carbons (Fsp3) is 0.600. The smallest absolute Gasteiger partial charge is 0.321 e. The highest BCUT2D eigenvalue weighted by atomic mass is 16.2. The van der Waals surface area contributed by atoms with Gasteiger partial charge in [-0.3, -0.25) is 10.1 Å². The summed E-state index contributed by atoms with van der Waals surface area (Å²) in [6.07, 6.45) is 10.0. The van der Waals surface area contributed by atoms with E-state index in [1.807, 2.05) is 0 Å². The summed E-state index contributed by atoms with van der Waals surface area (Å²) in [7, 11) is 0. The minimum absolute atomic E-state index is 0.207. The molecule has 0 aromatic carbocycles. The molecule has 0 spiro atoms. The molecule has 1 aliphatic rings. The van der Waals surface area contributed by atoms with Crippen molar-refractivity contribution in [2.45, 2.75) is 51.0 Å². The fourth-order valence-electron chi connectivity index (χ4n) is 2.40. The van der Waals surface area contributed by atoms with E-state index in [1.54, 1.807) is 12.2 Å². The van der Waals surface area contributed by atoms with Crippen LogP contribution in [-0.4, -0.2) is 18.0 Å². The molecule has 4 nitrogen and oxygen atoms in total. The molecule has 2 N–H and O–H groups in total. The number of carbonyl (C=O) groups excluding carboxylic acids is 2. The zero-order valence-electron chi connectivity index (χ0n) is 11.5. The lowest BCUT2D eigenvalue weighted by molar-refractivity contribution is -0.123. The van der Waals surface area contributed by atoms with Crippen LogP contribution in [0.4, 0.5) is 4.79 Å². The van der Waals surface area contributed by atoms with Crippen LogP contribution in [0, 0.1) is 5.92 Å². The molecule has 0 unspecified atom stereocenters. The number of nitrogens with one attached hydrogen (secondary N) is 2. The van der Waals surface area contributed by atoms with Crippen LogP contribution in [0.5, 0.6) is 0 Å². The van der Waals surface area contributed by atoms with Gasteiger partial charge in [-0.15, -0.1) is 13.2 Å². The van der Waals surface area contributed by atoms with Crippen molar-refractivity contribution in [3.63, 3.8) is 0 Å². The summed E-state index contributed by atoms with van der Waals surface area (Å²) in [6.45, 7) is 7.25. The molecule has 1 aliphatic carbocycles. The maximum absolute atomic E-state index is 11.9. The third kappa shape index (κ3) is 5.73. The Morgan fingerprint density at radius 1 is 1.11 bits per heavy atom. The van der Waals surface area contributed by atoms with Gasteiger partial charge in [0.05, 0.1) is 0 Å². The largest absolute Gasteiger partial charge is 0.335 e. The van der Waals surface area contributed by atoms with E-state index in [0.29, 0.717) is 12.8 Å². The Bertz CT molecular complexity index is 323. The van der Waals surface area contributed by atoms with E-state index < -0.39 is 0 Å². The average molecular weight is 264 g/mol. The molecule has 0 bridgehead atoms. The van der Waals surface area contributed by atoms with Gasteiger partial charge in [0.2, 0.25) is 5.91 Å². The number of hydrogen-bond donors (Lipinski definition) is 2. The normalized spacial score (nSPS) is 15.8. The third-order valence-electron chi connectivity index (χ3n) is 3.45. The van der Waals surface area contributed by atoms with Gasteiger partial charge >= 0.3 is 6.03 Å². The Balaban J connectivity index is 2.38. The van der Waals surface area contributed by atoms with Gasteiger partial charge in [0, 0.05) is 12.0 Å². The Labute approximate surface area is 115 Å². The first-order valence-electron chi connectivity index (χ1n) is 7.00. The van der Waals surface area contributed by atoms with Gasteiger partial charge < -0.3 is 5.32 Å². The van der Waals surface area contributed by atoms with Gasteiger partial charge in [0.1, 0.15) is 0 Å². The number of hydrogen-bond acceptors (Lipinski definition) is 2. The van der Waals surface area contributed by atoms with E-state index in [-0.39, 0.29) is 23.9 Å². The van der Waals surface area contributed by atoms with Gasteiger partial charge in [-0.05, 0) is 25.7 Å². The number of urea groups is 1. The van der Waals surface area contributed by atoms with E-state index in [2.05, 4.69) is 23.8 Å². The summed E-state index contributed by atoms with van der Waals surface area (Å²) >= 11 is 0. The van der Waals surface area contributed by atoms with E-state index in [0.717, 1.165) is 25.7 Å². The highest BCUT2D eigenvalue weighted by Crippen LogP contribution is 2.17. The maximum atomic E-state index is 11.9. The molecule has 0 aromatic heterocycles. The first kappa shape index (κ1) is 15.5. The van der Waals surface area contributed by atoms with Crippen LogP contribution in [0.1, 0.15) is 44.9 Å². The molecule has 19 heavy (non-hydrogen) atoms. The SMILES string of the molecule is C=CCC(CC=C)C(=O)NC(=O)NC1CCCCC1. The predicted octanol–water partition coefficient (Wildman–Crippen LogP) is 2.91. The van der Waals surface area contributed by atoms with Crippen LogP contribution in [0.15, 0.2) is 25.3 Å². The standard InChI is InChI=1S/C15H24N2O2/c1-3-8-12(9-4-2)14(18)17-15(19)16-13-10-6-5-7-11-13/h3-4,12-13H,1-2,5-11H2,(H2,16,17,18,19). The lowest BCUT2D eigenvalue weighted by Gasteiger charge is -2.23. The molecule has 1 saturated carbocycles. The number of rotatable bonds is 6. The Morgan fingerprint density at radius 3 is 2.21 bits per heavy atom. The molecule has 1 rings (SSSR count). The second-order valence-electron chi connectivity index (χ2n) is 5.04. The molecular formula is C15H24N2O2. The topological polar surface area (TPSA) is 58.2 Å². The number of imide groups is 1. The van der Waals surface area contributed by atoms with Crippen molar-refractivity contribution in [1.29, 1.82) is 0 Å². The van der Waals surface area contributed by atoms with E-state index in [9.17, 15) is 9.59 Å². The molecule has 0 aromatic rings. The Hall–Kier alpha value is -1.58. The highest BCUT2D eigenvalue weighted by molar-refractivity contribution is 5.95. The second-order valence-corrected chi connectivity index (χ2v) is 5.04. The predicted molar refractivity (Wildman–Crippen MR) is 76.7 cm³/mol. The van der Waals surface area contributed by atoms with Crippen LogP contribution in [0.25, 0.3) is 0 Å². The molecular weight excluding hydrogens is 240 g/mol. The van der Waals surface area contributed by atoms with Gasteiger partial charge in [-0.2, -0.15) is 0 Å². The fourth-order valence-corrected chi connectivity index (χ4v) is 2.40.